The van der Waals surface area contributed by atoms with E-state index in [-0.39, 0.29) is 6.04 Å². The zero-order valence-electron chi connectivity index (χ0n) is 16.1. The first-order valence-corrected chi connectivity index (χ1v) is 8.87. The molecule has 0 aliphatic carbocycles. The molecule has 0 fully saturated rings. The number of nitrogens with zero attached hydrogens (tertiary/aromatic N) is 2. The second-order valence-electron chi connectivity index (χ2n) is 6.20. The van der Waals surface area contributed by atoms with E-state index >= 15 is 0 Å². The van der Waals surface area contributed by atoms with E-state index < -0.39 is 0 Å². The molecule has 0 bridgehead atoms. The van der Waals surface area contributed by atoms with Crippen LogP contribution in [-0.4, -0.2) is 31.2 Å². The van der Waals surface area contributed by atoms with E-state index in [9.17, 15) is 0 Å². The predicted molar refractivity (Wildman–Crippen MR) is 112 cm³/mol. The first-order chi connectivity index (χ1) is 13.1. The van der Waals surface area contributed by atoms with E-state index in [0.717, 1.165) is 34.2 Å². The molecule has 140 valence electrons. The van der Waals surface area contributed by atoms with Gasteiger partial charge in [0.05, 0.1) is 36.9 Å². The normalized spacial score (nSPS) is 11.6. The number of rotatable bonds is 7. The SMILES string of the molecule is CNc1cccc(C(C)Nc2cncc(-c3ccc(NC)c(OC)c3)n2)c1. The fourth-order valence-electron chi connectivity index (χ4n) is 2.90. The maximum absolute atomic E-state index is 5.44. The van der Waals surface area contributed by atoms with Gasteiger partial charge in [0.2, 0.25) is 0 Å². The van der Waals surface area contributed by atoms with Crippen LogP contribution in [0.3, 0.4) is 0 Å². The maximum atomic E-state index is 5.44. The second-order valence-corrected chi connectivity index (χ2v) is 6.20. The first kappa shape index (κ1) is 18.5. The molecule has 1 aromatic heterocycles. The van der Waals surface area contributed by atoms with Crippen LogP contribution in [0.25, 0.3) is 11.3 Å². The molecule has 0 aliphatic heterocycles. The number of aromatic nitrogens is 2. The molecular weight excluding hydrogens is 338 g/mol. The summed E-state index contributed by atoms with van der Waals surface area (Å²) in [5.74, 6) is 1.50. The summed E-state index contributed by atoms with van der Waals surface area (Å²) in [5, 5.41) is 9.70. The molecule has 6 heteroatoms. The summed E-state index contributed by atoms with van der Waals surface area (Å²) in [4.78, 5) is 9.06. The lowest BCUT2D eigenvalue weighted by Crippen LogP contribution is -2.09. The highest BCUT2D eigenvalue weighted by Gasteiger charge is 2.10. The van der Waals surface area contributed by atoms with Crippen molar-refractivity contribution < 1.29 is 4.74 Å². The smallest absolute Gasteiger partial charge is 0.145 e. The minimum atomic E-state index is 0.101. The largest absolute Gasteiger partial charge is 0.495 e. The molecule has 0 saturated heterocycles. The molecule has 0 saturated carbocycles. The molecule has 3 aromatic rings. The number of methoxy groups -OCH3 is 1. The standard InChI is InChI=1S/C21H25N5O/c1-14(15-6-5-7-17(10-15)22-2)25-21-13-24-12-19(26-21)16-8-9-18(23-3)20(11-16)27-4/h5-14,22-23H,1-4H3,(H,25,26). The fourth-order valence-corrected chi connectivity index (χ4v) is 2.90. The summed E-state index contributed by atoms with van der Waals surface area (Å²) in [5.41, 5.74) is 4.93. The van der Waals surface area contributed by atoms with Crippen LogP contribution in [0, 0.1) is 0 Å². The Morgan fingerprint density at radius 3 is 2.59 bits per heavy atom. The summed E-state index contributed by atoms with van der Waals surface area (Å²) in [6.45, 7) is 2.11. The Labute approximate surface area is 160 Å². The molecule has 6 nitrogen and oxygen atoms in total. The van der Waals surface area contributed by atoms with Crippen LogP contribution in [0.4, 0.5) is 17.2 Å². The monoisotopic (exact) mass is 363 g/mol. The van der Waals surface area contributed by atoms with Crippen molar-refractivity contribution in [3.63, 3.8) is 0 Å². The first-order valence-electron chi connectivity index (χ1n) is 8.87. The Morgan fingerprint density at radius 2 is 1.85 bits per heavy atom. The number of anilines is 3. The van der Waals surface area contributed by atoms with Crippen LogP contribution in [0.15, 0.2) is 54.9 Å². The molecule has 1 unspecified atom stereocenters. The van der Waals surface area contributed by atoms with Crippen molar-refractivity contribution in [3.05, 3.63) is 60.4 Å². The minimum Gasteiger partial charge on any atom is -0.495 e. The predicted octanol–water partition coefficient (Wildman–Crippen LogP) is 4.41. The van der Waals surface area contributed by atoms with Gasteiger partial charge in [-0.1, -0.05) is 18.2 Å². The van der Waals surface area contributed by atoms with Crippen molar-refractivity contribution in [3.8, 4) is 17.0 Å². The number of ether oxygens (including phenoxy) is 1. The van der Waals surface area contributed by atoms with E-state index in [2.05, 4.69) is 40.0 Å². The Morgan fingerprint density at radius 1 is 1.00 bits per heavy atom. The summed E-state index contributed by atoms with van der Waals surface area (Å²) in [6.07, 6.45) is 3.49. The van der Waals surface area contributed by atoms with Crippen molar-refractivity contribution in [1.29, 1.82) is 0 Å². The molecule has 1 heterocycles. The van der Waals surface area contributed by atoms with Gasteiger partial charge in [-0.3, -0.25) is 4.98 Å². The van der Waals surface area contributed by atoms with Crippen LogP contribution < -0.4 is 20.7 Å². The van der Waals surface area contributed by atoms with E-state index in [1.54, 1.807) is 19.5 Å². The van der Waals surface area contributed by atoms with Crippen molar-refractivity contribution in [2.24, 2.45) is 0 Å². The Kier molecular flexibility index (Phi) is 5.76. The van der Waals surface area contributed by atoms with E-state index in [1.807, 2.05) is 44.4 Å². The van der Waals surface area contributed by atoms with E-state index in [1.165, 1.54) is 5.56 Å². The van der Waals surface area contributed by atoms with Gasteiger partial charge in [0.1, 0.15) is 11.6 Å². The van der Waals surface area contributed by atoms with E-state index in [0.29, 0.717) is 0 Å². The second kappa shape index (κ2) is 8.40. The van der Waals surface area contributed by atoms with Gasteiger partial charge in [-0.25, -0.2) is 4.98 Å². The molecule has 0 amide bonds. The van der Waals surface area contributed by atoms with Crippen LogP contribution in [-0.2, 0) is 0 Å². The van der Waals surface area contributed by atoms with Gasteiger partial charge in [0.25, 0.3) is 0 Å². The topological polar surface area (TPSA) is 71.1 Å². The number of nitrogens with one attached hydrogen (secondary N) is 3. The van der Waals surface area contributed by atoms with Gasteiger partial charge in [0, 0.05) is 25.3 Å². The molecule has 27 heavy (non-hydrogen) atoms. The average molecular weight is 363 g/mol. The fraction of sp³-hybridized carbons (Fsp3) is 0.238. The van der Waals surface area contributed by atoms with Crippen LogP contribution >= 0.6 is 0 Å². The van der Waals surface area contributed by atoms with Crippen LogP contribution in [0.2, 0.25) is 0 Å². The summed E-state index contributed by atoms with van der Waals surface area (Å²) in [6, 6.07) is 14.3. The lowest BCUT2D eigenvalue weighted by Gasteiger charge is -2.16. The number of hydrogen-bond donors (Lipinski definition) is 3. The number of hydrogen-bond acceptors (Lipinski definition) is 6. The third-order valence-corrected chi connectivity index (χ3v) is 4.44. The molecule has 0 spiro atoms. The van der Waals surface area contributed by atoms with Crippen molar-refractivity contribution in [2.75, 3.05) is 37.2 Å². The Hall–Kier alpha value is -3.28. The Bertz CT molecular complexity index is 913. The highest BCUT2D eigenvalue weighted by Crippen LogP contribution is 2.30. The number of benzene rings is 2. The lowest BCUT2D eigenvalue weighted by molar-refractivity contribution is 0.417. The third-order valence-electron chi connectivity index (χ3n) is 4.44. The molecule has 3 rings (SSSR count). The van der Waals surface area contributed by atoms with E-state index in [4.69, 9.17) is 9.72 Å². The van der Waals surface area contributed by atoms with Crippen molar-refractivity contribution in [1.82, 2.24) is 9.97 Å². The van der Waals surface area contributed by atoms with Gasteiger partial charge in [-0.05, 0) is 36.8 Å². The van der Waals surface area contributed by atoms with Crippen molar-refractivity contribution >= 4 is 17.2 Å². The Balaban J connectivity index is 1.83. The molecule has 0 aliphatic rings. The molecule has 1 atom stereocenters. The van der Waals surface area contributed by atoms with Gasteiger partial charge < -0.3 is 20.7 Å². The van der Waals surface area contributed by atoms with Gasteiger partial charge >= 0.3 is 0 Å². The van der Waals surface area contributed by atoms with Crippen LogP contribution in [0.1, 0.15) is 18.5 Å². The summed E-state index contributed by atoms with van der Waals surface area (Å²) < 4.78 is 5.44. The maximum Gasteiger partial charge on any atom is 0.145 e. The summed E-state index contributed by atoms with van der Waals surface area (Å²) in [7, 11) is 5.44. The average Bonchev–Trinajstić information content (AvgIpc) is 2.73. The van der Waals surface area contributed by atoms with Gasteiger partial charge in [-0.15, -0.1) is 0 Å². The minimum absolute atomic E-state index is 0.101. The molecule has 2 aromatic carbocycles. The van der Waals surface area contributed by atoms with Gasteiger partial charge in [0.15, 0.2) is 0 Å². The highest BCUT2D eigenvalue weighted by atomic mass is 16.5. The highest BCUT2D eigenvalue weighted by molar-refractivity contribution is 5.69. The zero-order valence-corrected chi connectivity index (χ0v) is 16.1. The van der Waals surface area contributed by atoms with Crippen LogP contribution in [0.5, 0.6) is 5.75 Å². The third kappa shape index (κ3) is 4.28. The van der Waals surface area contributed by atoms with Crippen molar-refractivity contribution in [2.45, 2.75) is 13.0 Å². The summed E-state index contributed by atoms with van der Waals surface area (Å²) >= 11 is 0. The zero-order chi connectivity index (χ0) is 19.2. The lowest BCUT2D eigenvalue weighted by atomic mass is 10.1. The molecule has 3 N–H and O–H groups in total. The van der Waals surface area contributed by atoms with Gasteiger partial charge in [-0.2, -0.15) is 0 Å². The quantitative estimate of drug-likeness (QED) is 0.578. The molecule has 0 radical (unpaired) electrons. The molecular formula is C21H25N5O.